The summed E-state index contributed by atoms with van der Waals surface area (Å²) in [6, 6.07) is 3.63. The molecule has 1 atom stereocenters. The Hall–Kier alpha value is -1.79. The van der Waals surface area contributed by atoms with Gasteiger partial charge in [-0.2, -0.15) is 0 Å². The summed E-state index contributed by atoms with van der Waals surface area (Å²) in [5.74, 6) is -0.0973. The average molecular weight is 276 g/mol. The third-order valence-electron chi connectivity index (χ3n) is 2.65. The Morgan fingerprint density at radius 2 is 2.16 bits per heavy atom. The maximum absolute atomic E-state index is 12.2. The van der Waals surface area contributed by atoms with Crippen LogP contribution in [0.2, 0.25) is 0 Å². The van der Waals surface area contributed by atoms with E-state index in [9.17, 15) is 4.79 Å². The first kappa shape index (κ1) is 13.6. The zero-order chi connectivity index (χ0) is 13.8. The number of aromatic nitrogens is 2. The summed E-state index contributed by atoms with van der Waals surface area (Å²) in [5.41, 5.74) is 7.23. The van der Waals surface area contributed by atoms with E-state index in [0.717, 1.165) is 10.6 Å². The van der Waals surface area contributed by atoms with Gasteiger partial charge >= 0.3 is 0 Å². The Morgan fingerprint density at radius 1 is 1.47 bits per heavy atom. The highest BCUT2D eigenvalue weighted by atomic mass is 32.1. The molecule has 0 fully saturated rings. The van der Waals surface area contributed by atoms with Crippen molar-refractivity contribution < 1.29 is 4.79 Å². The molecule has 2 rings (SSSR count). The molecular weight excluding hydrogens is 260 g/mol. The van der Waals surface area contributed by atoms with Gasteiger partial charge in [-0.15, -0.1) is 11.3 Å². The third kappa shape index (κ3) is 3.36. The van der Waals surface area contributed by atoms with Crippen LogP contribution < -0.4 is 5.73 Å². The summed E-state index contributed by atoms with van der Waals surface area (Å²) in [7, 11) is 1.76. The van der Waals surface area contributed by atoms with E-state index in [4.69, 9.17) is 5.73 Å². The van der Waals surface area contributed by atoms with Gasteiger partial charge in [-0.05, 0) is 24.6 Å². The maximum atomic E-state index is 12.2. The van der Waals surface area contributed by atoms with Gasteiger partial charge in [0.25, 0.3) is 5.91 Å². The normalized spacial score (nSPS) is 12.2. The van der Waals surface area contributed by atoms with Crippen LogP contribution in [0.25, 0.3) is 0 Å². The molecule has 0 saturated heterocycles. The molecule has 2 aromatic rings. The van der Waals surface area contributed by atoms with E-state index in [-0.39, 0.29) is 11.9 Å². The van der Waals surface area contributed by atoms with E-state index in [0.29, 0.717) is 12.2 Å². The fourth-order valence-electron chi connectivity index (χ4n) is 1.62. The average Bonchev–Trinajstić information content (AvgIpc) is 2.88. The minimum atomic E-state index is -0.142. The van der Waals surface area contributed by atoms with Crippen molar-refractivity contribution in [2.24, 2.45) is 5.73 Å². The van der Waals surface area contributed by atoms with Crippen LogP contribution in [0, 0.1) is 0 Å². The molecule has 0 aliphatic carbocycles. The molecular formula is C13H16N4OS. The molecule has 0 aliphatic rings. The minimum Gasteiger partial charge on any atom is -0.336 e. The van der Waals surface area contributed by atoms with Crippen LogP contribution in [0.5, 0.6) is 0 Å². The molecule has 0 aromatic carbocycles. The van der Waals surface area contributed by atoms with Crippen molar-refractivity contribution >= 4 is 17.2 Å². The molecule has 0 saturated carbocycles. The molecule has 2 heterocycles. The molecule has 6 heteroatoms. The molecule has 2 N–H and O–H groups in total. The molecule has 1 amide bonds. The van der Waals surface area contributed by atoms with Crippen molar-refractivity contribution in [2.45, 2.75) is 19.5 Å². The summed E-state index contributed by atoms with van der Waals surface area (Å²) in [6.45, 7) is 2.39. The van der Waals surface area contributed by atoms with Crippen molar-refractivity contribution in [3.05, 3.63) is 46.2 Å². The van der Waals surface area contributed by atoms with Crippen LogP contribution in [-0.4, -0.2) is 27.8 Å². The molecule has 2 aromatic heterocycles. The second-order valence-electron chi connectivity index (χ2n) is 4.38. The predicted molar refractivity (Wildman–Crippen MR) is 74.8 cm³/mol. The first-order chi connectivity index (χ1) is 9.08. The summed E-state index contributed by atoms with van der Waals surface area (Å²) < 4.78 is 0. The van der Waals surface area contributed by atoms with E-state index in [2.05, 4.69) is 9.97 Å². The Balaban J connectivity index is 2.06. The third-order valence-corrected chi connectivity index (χ3v) is 3.69. The Bertz CT molecular complexity index is 553. The first-order valence-corrected chi connectivity index (χ1v) is 6.81. The fourth-order valence-corrected chi connectivity index (χ4v) is 2.38. The molecule has 19 heavy (non-hydrogen) atoms. The van der Waals surface area contributed by atoms with Gasteiger partial charge in [-0.3, -0.25) is 9.78 Å². The number of nitrogens with zero attached hydrogens (tertiary/aromatic N) is 3. The van der Waals surface area contributed by atoms with Gasteiger partial charge in [-0.25, -0.2) is 4.98 Å². The van der Waals surface area contributed by atoms with Crippen LogP contribution in [0.15, 0.2) is 29.9 Å². The lowest BCUT2D eigenvalue weighted by Crippen LogP contribution is -2.26. The molecule has 5 nitrogen and oxygen atoms in total. The molecule has 0 spiro atoms. The van der Waals surface area contributed by atoms with Crippen molar-refractivity contribution in [3.63, 3.8) is 0 Å². The largest absolute Gasteiger partial charge is 0.336 e. The van der Waals surface area contributed by atoms with Crippen molar-refractivity contribution in [1.82, 2.24) is 14.9 Å². The SMILES string of the molecule is CC(N)c1nc(C(=O)N(C)Cc2ccncc2)cs1. The van der Waals surface area contributed by atoms with E-state index >= 15 is 0 Å². The van der Waals surface area contributed by atoms with E-state index in [1.807, 2.05) is 19.1 Å². The van der Waals surface area contributed by atoms with Gasteiger partial charge in [0, 0.05) is 31.4 Å². The Morgan fingerprint density at radius 3 is 2.74 bits per heavy atom. The summed E-state index contributed by atoms with van der Waals surface area (Å²) in [5, 5.41) is 2.53. The number of thiazole rings is 1. The van der Waals surface area contributed by atoms with Gasteiger partial charge in [0.2, 0.25) is 0 Å². The number of nitrogens with two attached hydrogens (primary N) is 1. The van der Waals surface area contributed by atoms with Crippen LogP contribution in [0.3, 0.4) is 0 Å². The van der Waals surface area contributed by atoms with Gasteiger partial charge in [-0.1, -0.05) is 0 Å². The number of hydrogen-bond acceptors (Lipinski definition) is 5. The van der Waals surface area contributed by atoms with Gasteiger partial charge < -0.3 is 10.6 Å². The fraction of sp³-hybridized carbons (Fsp3) is 0.308. The van der Waals surface area contributed by atoms with E-state index in [1.54, 1.807) is 29.7 Å². The summed E-state index contributed by atoms with van der Waals surface area (Å²) >= 11 is 1.42. The number of carbonyl (C=O) groups excluding carboxylic acids is 1. The minimum absolute atomic E-state index is 0.0973. The lowest BCUT2D eigenvalue weighted by atomic mass is 10.2. The molecule has 0 bridgehead atoms. The van der Waals surface area contributed by atoms with Crippen molar-refractivity contribution in [1.29, 1.82) is 0 Å². The van der Waals surface area contributed by atoms with Crippen molar-refractivity contribution in [2.75, 3.05) is 7.05 Å². The number of carbonyl (C=O) groups is 1. The number of hydrogen-bond donors (Lipinski definition) is 1. The highest BCUT2D eigenvalue weighted by Gasteiger charge is 2.16. The zero-order valence-corrected chi connectivity index (χ0v) is 11.7. The smallest absolute Gasteiger partial charge is 0.273 e. The van der Waals surface area contributed by atoms with Gasteiger partial charge in [0.15, 0.2) is 0 Å². The van der Waals surface area contributed by atoms with Crippen LogP contribution in [0.4, 0.5) is 0 Å². The zero-order valence-electron chi connectivity index (χ0n) is 10.9. The van der Waals surface area contributed by atoms with Gasteiger partial charge in [0.05, 0.1) is 6.04 Å². The quantitative estimate of drug-likeness (QED) is 0.924. The second kappa shape index (κ2) is 5.90. The van der Waals surface area contributed by atoms with E-state index < -0.39 is 0 Å². The predicted octanol–water partition coefficient (Wildman–Crippen LogP) is 1.83. The van der Waals surface area contributed by atoms with Gasteiger partial charge in [0.1, 0.15) is 10.7 Å². The van der Waals surface area contributed by atoms with Crippen LogP contribution in [-0.2, 0) is 6.54 Å². The Kier molecular flexibility index (Phi) is 4.24. The van der Waals surface area contributed by atoms with E-state index in [1.165, 1.54) is 11.3 Å². The Labute approximate surface area is 116 Å². The summed E-state index contributed by atoms with van der Waals surface area (Å²) in [6.07, 6.45) is 3.43. The first-order valence-electron chi connectivity index (χ1n) is 5.93. The molecule has 100 valence electrons. The second-order valence-corrected chi connectivity index (χ2v) is 5.27. The number of pyridine rings is 1. The molecule has 1 unspecified atom stereocenters. The molecule has 0 aliphatic heterocycles. The highest BCUT2D eigenvalue weighted by Crippen LogP contribution is 2.17. The highest BCUT2D eigenvalue weighted by molar-refractivity contribution is 7.09. The maximum Gasteiger partial charge on any atom is 0.273 e. The monoisotopic (exact) mass is 276 g/mol. The number of amides is 1. The van der Waals surface area contributed by atoms with Crippen LogP contribution in [0.1, 0.15) is 34.0 Å². The lowest BCUT2D eigenvalue weighted by molar-refractivity contribution is 0.0780. The molecule has 0 radical (unpaired) electrons. The van der Waals surface area contributed by atoms with Crippen molar-refractivity contribution in [3.8, 4) is 0 Å². The standard InChI is InChI=1S/C13H16N4OS/c1-9(14)12-16-11(8-19-12)13(18)17(2)7-10-3-5-15-6-4-10/h3-6,8-9H,7,14H2,1-2H3. The topological polar surface area (TPSA) is 72.1 Å². The number of rotatable bonds is 4. The summed E-state index contributed by atoms with van der Waals surface area (Å²) in [4.78, 5) is 22.0. The van der Waals surface area contributed by atoms with Crippen LogP contribution >= 0.6 is 11.3 Å². The lowest BCUT2D eigenvalue weighted by Gasteiger charge is -2.15.